The van der Waals surface area contributed by atoms with Gasteiger partial charge in [0.2, 0.25) is 0 Å². The standard InChI is InChI=1S/C29H38N2O2/c1-10-11-24-25(27(33)31(30-24)21-14-12-19(13-15-21)18(2)3)20-16-22(28(4,5)6)26(32)23(17-20)29(7,8)9/h11-18,30H,10H2,1-9H3. The summed E-state index contributed by atoms with van der Waals surface area (Å²) in [6.45, 7) is 18.6. The fourth-order valence-electron chi connectivity index (χ4n) is 4.16. The molecule has 1 aliphatic rings. The first-order valence-corrected chi connectivity index (χ1v) is 11.9. The maximum absolute atomic E-state index is 13.7. The molecule has 4 heteroatoms. The lowest BCUT2D eigenvalue weighted by Crippen LogP contribution is -2.38. The van der Waals surface area contributed by atoms with Gasteiger partial charge < -0.3 is 0 Å². The monoisotopic (exact) mass is 446 g/mol. The number of carbonyl (C=O) groups excluding carboxylic acids is 1. The number of Topliss-reactive ketones (excluding diaryl/α,β-unsaturated/α-hetero) is 1. The molecule has 0 saturated carbocycles. The molecular formula is C29H38N2O2. The molecule has 0 radical (unpaired) electrons. The fraction of sp³-hybridized carbons (Fsp3) is 0.448. The average molecular weight is 447 g/mol. The highest BCUT2D eigenvalue weighted by Crippen LogP contribution is 2.38. The number of ketones is 1. The molecule has 33 heavy (non-hydrogen) atoms. The number of nitrogens with zero attached hydrogens (tertiary/aromatic N) is 1. The zero-order valence-electron chi connectivity index (χ0n) is 21.6. The Hall–Kier alpha value is -2.88. The van der Waals surface area contributed by atoms with E-state index >= 15 is 0 Å². The Kier molecular flexibility index (Phi) is 6.61. The topological polar surface area (TPSA) is 54.9 Å². The summed E-state index contributed by atoms with van der Waals surface area (Å²) in [6.07, 6.45) is 6.66. The molecule has 0 unspecified atom stereocenters. The molecule has 0 fully saturated rings. The molecule has 0 spiro atoms. The molecular weight excluding hydrogens is 408 g/mol. The molecule has 1 heterocycles. The van der Waals surface area contributed by atoms with Crippen LogP contribution < -0.4 is 16.1 Å². The van der Waals surface area contributed by atoms with Crippen molar-refractivity contribution >= 4 is 17.4 Å². The van der Waals surface area contributed by atoms with E-state index in [0.29, 0.717) is 11.1 Å². The lowest BCUT2D eigenvalue weighted by molar-refractivity contribution is -0.114. The summed E-state index contributed by atoms with van der Waals surface area (Å²) in [5.41, 5.74) is 3.53. The smallest absolute Gasteiger partial charge is 0.279 e. The van der Waals surface area contributed by atoms with E-state index in [-0.39, 0.29) is 22.2 Å². The van der Waals surface area contributed by atoms with Crippen LogP contribution in [0.25, 0.3) is 17.3 Å². The van der Waals surface area contributed by atoms with Gasteiger partial charge in [-0.1, -0.05) is 80.5 Å². The fourth-order valence-corrected chi connectivity index (χ4v) is 4.16. The molecule has 1 aliphatic carbocycles. The molecule has 0 amide bonds. The van der Waals surface area contributed by atoms with Crippen LogP contribution in [0.4, 0.5) is 0 Å². The van der Waals surface area contributed by atoms with Gasteiger partial charge in [-0.2, -0.15) is 0 Å². The Bertz CT molecular complexity index is 1260. The summed E-state index contributed by atoms with van der Waals surface area (Å²) in [5.74, 6) is 0.496. The van der Waals surface area contributed by atoms with Crippen LogP contribution in [0.3, 0.4) is 0 Å². The summed E-state index contributed by atoms with van der Waals surface area (Å²) in [7, 11) is 0. The molecule has 3 rings (SSSR count). The first-order chi connectivity index (χ1) is 15.3. The lowest BCUT2D eigenvalue weighted by atomic mass is 9.72. The van der Waals surface area contributed by atoms with Crippen molar-refractivity contribution in [2.24, 2.45) is 10.8 Å². The number of hydrogen-bond donors (Lipinski definition) is 1. The summed E-state index contributed by atoms with van der Waals surface area (Å²) < 4.78 is 1.61. The van der Waals surface area contributed by atoms with Crippen molar-refractivity contribution in [3.8, 4) is 5.69 Å². The van der Waals surface area contributed by atoms with Gasteiger partial charge in [-0.3, -0.25) is 14.7 Å². The maximum atomic E-state index is 13.7. The van der Waals surface area contributed by atoms with E-state index in [4.69, 9.17) is 0 Å². The minimum absolute atomic E-state index is 0.0694. The number of nitrogens with one attached hydrogen (secondary N) is 1. The number of hydrogen-bond acceptors (Lipinski definition) is 2. The second kappa shape index (κ2) is 8.81. The minimum atomic E-state index is -0.330. The molecule has 0 saturated heterocycles. The number of allylic oxidation sites excluding steroid dienone is 4. The zero-order chi connectivity index (χ0) is 24.7. The third-order valence-corrected chi connectivity index (χ3v) is 6.14. The SMILES string of the molecule is CCC=c1[nH]n(-c2ccc(C(C)C)cc2)c(=O)c1=C1C=C(C(C)(C)C)C(=O)C(C(C)(C)C)=C1. The molecule has 1 aromatic heterocycles. The van der Waals surface area contributed by atoms with Crippen molar-refractivity contribution in [2.75, 3.05) is 0 Å². The van der Waals surface area contributed by atoms with Gasteiger partial charge in [0.15, 0.2) is 5.78 Å². The number of aromatic nitrogens is 2. The van der Waals surface area contributed by atoms with Crippen molar-refractivity contribution in [3.05, 3.63) is 74.0 Å². The highest BCUT2D eigenvalue weighted by Gasteiger charge is 2.34. The van der Waals surface area contributed by atoms with Gasteiger partial charge in [-0.05, 0) is 58.6 Å². The summed E-state index contributed by atoms with van der Waals surface area (Å²) in [6, 6.07) is 8.10. The molecule has 1 N–H and O–H groups in total. The molecule has 176 valence electrons. The molecule has 0 atom stereocenters. The average Bonchev–Trinajstić information content (AvgIpc) is 3.03. The Labute approximate surface area is 197 Å². The zero-order valence-corrected chi connectivity index (χ0v) is 21.6. The van der Waals surface area contributed by atoms with Gasteiger partial charge in [0.25, 0.3) is 5.56 Å². The molecule has 0 aliphatic heterocycles. The van der Waals surface area contributed by atoms with Crippen LogP contribution in [0.5, 0.6) is 0 Å². The molecule has 0 bridgehead atoms. The minimum Gasteiger partial charge on any atom is -0.291 e. The first kappa shape index (κ1) is 24.8. The second-order valence-electron chi connectivity index (χ2n) is 11.3. The van der Waals surface area contributed by atoms with Gasteiger partial charge >= 0.3 is 0 Å². The van der Waals surface area contributed by atoms with E-state index in [9.17, 15) is 9.59 Å². The number of carbonyl (C=O) groups is 1. The van der Waals surface area contributed by atoms with Crippen LogP contribution in [-0.4, -0.2) is 15.6 Å². The van der Waals surface area contributed by atoms with Gasteiger partial charge in [0, 0.05) is 11.1 Å². The van der Waals surface area contributed by atoms with Crippen LogP contribution >= 0.6 is 0 Å². The second-order valence-corrected chi connectivity index (χ2v) is 11.3. The van der Waals surface area contributed by atoms with E-state index in [1.165, 1.54) is 5.56 Å². The largest absolute Gasteiger partial charge is 0.291 e. The van der Waals surface area contributed by atoms with Gasteiger partial charge in [0.1, 0.15) is 0 Å². The Morgan fingerprint density at radius 2 is 1.42 bits per heavy atom. The summed E-state index contributed by atoms with van der Waals surface area (Å²) in [4.78, 5) is 27.1. The number of rotatable bonds is 3. The van der Waals surface area contributed by atoms with Gasteiger partial charge in [-0.15, -0.1) is 0 Å². The van der Waals surface area contributed by atoms with Crippen LogP contribution in [-0.2, 0) is 4.79 Å². The van der Waals surface area contributed by atoms with E-state index in [0.717, 1.165) is 34.2 Å². The van der Waals surface area contributed by atoms with Crippen molar-refractivity contribution in [3.63, 3.8) is 0 Å². The predicted molar refractivity (Wildman–Crippen MR) is 138 cm³/mol. The van der Waals surface area contributed by atoms with Crippen molar-refractivity contribution in [2.45, 2.75) is 74.7 Å². The lowest BCUT2D eigenvalue weighted by Gasteiger charge is -2.31. The predicted octanol–water partition coefficient (Wildman–Crippen LogP) is 5.16. The van der Waals surface area contributed by atoms with Crippen molar-refractivity contribution < 1.29 is 4.79 Å². The Morgan fingerprint density at radius 1 is 0.909 bits per heavy atom. The van der Waals surface area contributed by atoms with E-state index in [2.05, 4.69) is 38.0 Å². The van der Waals surface area contributed by atoms with Crippen LogP contribution in [0.1, 0.15) is 80.2 Å². The van der Waals surface area contributed by atoms with Crippen molar-refractivity contribution in [1.29, 1.82) is 0 Å². The number of benzene rings is 1. The third-order valence-electron chi connectivity index (χ3n) is 6.14. The normalized spacial score (nSPS) is 15.9. The van der Waals surface area contributed by atoms with E-state index in [1.54, 1.807) is 4.68 Å². The number of aromatic amines is 1. The van der Waals surface area contributed by atoms with E-state index < -0.39 is 0 Å². The van der Waals surface area contributed by atoms with Crippen LogP contribution in [0.2, 0.25) is 0 Å². The van der Waals surface area contributed by atoms with Crippen molar-refractivity contribution in [1.82, 2.24) is 9.78 Å². The van der Waals surface area contributed by atoms with Crippen LogP contribution in [0.15, 0.2) is 52.4 Å². The maximum Gasteiger partial charge on any atom is 0.279 e. The third kappa shape index (κ3) is 4.90. The Balaban J connectivity index is 2.40. The molecule has 1 aromatic carbocycles. The summed E-state index contributed by atoms with van der Waals surface area (Å²) in [5, 5.41) is 4.71. The highest BCUT2D eigenvalue weighted by atomic mass is 16.1. The Morgan fingerprint density at radius 3 is 1.85 bits per heavy atom. The quantitative estimate of drug-likeness (QED) is 0.708. The summed E-state index contributed by atoms with van der Waals surface area (Å²) >= 11 is 0. The first-order valence-electron chi connectivity index (χ1n) is 11.9. The molecule has 2 aromatic rings. The highest BCUT2D eigenvalue weighted by molar-refractivity contribution is 6.14. The van der Waals surface area contributed by atoms with Gasteiger partial charge in [-0.25, -0.2) is 4.68 Å². The van der Waals surface area contributed by atoms with Crippen LogP contribution in [0, 0.1) is 10.8 Å². The van der Waals surface area contributed by atoms with Gasteiger partial charge in [0.05, 0.1) is 16.3 Å². The molecule has 4 nitrogen and oxygen atoms in total. The van der Waals surface area contributed by atoms with E-state index in [1.807, 2.05) is 71.9 Å². The number of H-pyrrole nitrogens is 1.